The van der Waals surface area contributed by atoms with Crippen molar-refractivity contribution in [2.45, 2.75) is 6.42 Å². The van der Waals surface area contributed by atoms with Gasteiger partial charge in [-0.3, -0.25) is 4.99 Å². The molecule has 2 heterocycles. The van der Waals surface area contributed by atoms with Crippen LogP contribution < -0.4 is 10.6 Å². The van der Waals surface area contributed by atoms with Crippen molar-refractivity contribution in [1.82, 2.24) is 14.9 Å². The quantitative estimate of drug-likeness (QED) is 0.336. The molecular formula is C14H25IN4O3S2. The molecule has 24 heavy (non-hydrogen) atoms. The number of aliphatic imine (C=N–C) groups is 1. The van der Waals surface area contributed by atoms with Gasteiger partial charge in [-0.2, -0.15) is 4.31 Å². The van der Waals surface area contributed by atoms with Crippen LogP contribution in [0.15, 0.2) is 22.5 Å². The van der Waals surface area contributed by atoms with E-state index in [0.29, 0.717) is 38.8 Å². The number of thiophene rings is 1. The van der Waals surface area contributed by atoms with Gasteiger partial charge in [-0.15, -0.1) is 35.3 Å². The Morgan fingerprint density at radius 1 is 1.33 bits per heavy atom. The van der Waals surface area contributed by atoms with E-state index in [2.05, 4.69) is 27.1 Å². The van der Waals surface area contributed by atoms with Crippen LogP contribution in [0.2, 0.25) is 0 Å². The maximum absolute atomic E-state index is 12.2. The van der Waals surface area contributed by atoms with Crippen molar-refractivity contribution < 1.29 is 13.2 Å². The fourth-order valence-electron chi connectivity index (χ4n) is 2.23. The number of morpholine rings is 1. The van der Waals surface area contributed by atoms with E-state index >= 15 is 0 Å². The van der Waals surface area contributed by atoms with Crippen LogP contribution in [-0.2, 0) is 21.2 Å². The number of rotatable bonds is 7. The fraction of sp³-hybridized carbons (Fsp3) is 0.643. The summed E-state index contributed by atoms with van der Waals surface area (Å²) in [5.41, 5.74) is 0. The lowest BCUT2D eigenvalue weighted by Crippen LogP contribution is -2.45. The molecule has 0 spiro atoms. The lowest BCUT2D eigenvalue weighted by molar-refractivity contribution is 0.0730. The summed E-state index contributed by atoms with van der Waals surface area (Å²) < 4.78 is 31.1. The minimum absolute atomic E-state index is 0. The molecule has 0 amide bonds. The largest absolute Gasteiger partial charge is 0.379 e. The van der Waals surface area contributed by atoms with Gasteiger partial charge in [0.25, 0.3) is 0 Å². The van der Waals surface area contributed by atoms with E-state index in [9.17, 15) is 8.42 Å². The molecule has 1 aromatic rings. The summed E-state index contributed by atoms with van der Waals surface area (Å²) in [5, 5.41) is 8.30. The lowest BCUT2D eigenvalue weighted by Gasteiger charge is -2.26. The standard InChI is InChI=1S/C14H24N4O3S2.HI/c1-15-14(16-5-4-13-3-2-11-22-13)17-6-12-23(19,20)18-7-9-21-10-8-18;/h2-3,11H,4-10,12H2,1H3,(H2,15,16,17);1H. The van der Waals surface area contributed by atoms with Gasteiger partial charge in [0.15, 0.2) is 5.96 Å². The third-order valence-corrected chi connectivity index (χ3v) is 6.29. The maximum Gasteiger partial charge on any atom is 0.215 e. The monoisotopic (exact) mass is 488 g/mol. The average Bonchev–Trinajstić information content (AvgIpc) is 3.07. The van der Waals surface area contributed by atoms with Crippen LogP contribution in [0.1, 0.15) is 4.88 Å². The Hall–Kier alpha value is -0.430. The fourth-order valence-corrected chi connectivity index (χ4v) is 4.26. The molecule has 1 aliphatic rings. The first-order valence-electron chi connectivity index (χ1n) is 7.64. The second-order valence-electron chi connectivity index (χ2n) is 5.08. The molecule has 2 N–H and O–H groups in total. The van der Waals surface area contributed by atoms with Crippen LogP contribution in [0, 0.1) is 0 Å². The van der Waals surface area contributed by atoms with Gasteiger partial charge in [-0.05, 0) is 17.9 Å². The molecular weight excluding hydrogens is 463 g/mol. The number of nitrogens with one attached hydrogen (secondary N) is 2. The maximum atomic E-state index is 12.2. The predicted molar refractivity (Wildman–Crippen MR) is 109 cm³/mol. The summed E-state index contributed by atoms with van der Waals surface area (Å²) in [6, 6.07) is 4.13. The van der Waals surface area contributed by atoms with E-state index in [-0.39, 0.29) is 29.7 Å². The van der Waals surface area contributed by atoms with Crippen LogP contribution in [0.5, 0.6) is 0 Å². The van der Waals surface area contributed by atoms with E-state index in [1.165, 1.54) is 9.18 Å². The van der Waals surface area contributed by atoms with Crippen molar-refractivity contribution in [2.24, 2.45) is 4.99 Å². The van der Waals surface area contributed by atoms with Gasteiger partial charge in [0.05, 0.1) is 19.0 Å². The molecule has 10 heteroatoms. The molecule has 7 nitrogen and oxygen atoms in total. The molecule has 1 aliphatic heterocycles. The molecule has 1 aromatic heterocycles. The smallest absolute Gasteiger partial charge is 0.215 e. The van der Waals surface area contributed by atoms with Crippen molar-refractivity contribution in [3.8, 4) is 0 Å². The second-order valence-corrected chi connectivity index (χ2v) is 8.20. The Labute approximate surface area is 164 Å². The first-order valence-corrected chi connectivity index (χ1v) is 10.1. The SMILES string of the molecule is CN=C(NCCc1cccs1)NCCS(=O)(=O)N1CCOCC1.I. The molecule has 0 unspecified atom stereocenters. The molecule has 0 saturated carbocycles. The minimum Gasteiger partial charge on any atom is -0.379 e. The third-order valence-electron chi connectivity index (χ3n) is 3.48. The average molecular weight is 488 g/mol. The first kappa shape index (κ1) is 21.6. The van der Waals surface area contributed by atoms with Crippen LogP contribution in [0.3, 0.4) is 0 Å². The van der Waals surface area contributed by atoms with E-state index in [0.717, 1.165) is 13.0 Å². The molecule has 1 fully saturated rings. The van der Waals surface area contributed by atoms with Gasteiger partial charge < -0.3 is 15.4 Å². The Kier molecular flexibility index (Phi) is 10.1. The number of ether oxygens (including phenoxy) is 1. The zero-order valence-electron chi connectivity index (χ0n) is 13.7. The van der Waals surface area contributed by atoms with E-state index in [4.69, 9.17) is 4.74 Å². The zero-order chi connectivity index (χ0) is 16.5. The Bertz CT molecular complexity index is 587. The van der Waals surface area contributed by atoms with Crippen molar-refractivity contribution in [2.75, 3.05) is 52.2 Å². The number of nitrogens with zero attached hydrogens (tertiary/aromatic N) is 2. The predicted octanol–water partition coefficient (Wildman–Crippen LogP) is 0.736. The highest BCUT2D eigenvalue weighted by Gasteiger charge is 2.23. The van der Waals surface area contributed by atoms with E-state index in [1.807, 2.05) is 6.07 Å². The highest BCUT2D eigenvalue weighted by molar-refractivity contribution is 14.0. The lowest BCUT2D eigenvalue weighted by atomic mass is 10.3. The number of sulfonamides is 1. The van der Waals surface area contributed by atoms with Crippen LogP contribution in [0.25, 0.3) is 0 Å². The van der Waals surface area contributed by atoms with Crippen molar-refractivity contribution >= 4 is 51.3 Å². The number of hydrogen-bond donors (Lipinski definition) is 2. The van der Waals surface area contributed by atoms with Crippen molar-refractivity contribution in [3.05, 3.63) is 22.4 Å². The summed E-state index contributed by atoms with van der Waals surface area (Å²) in [4.78, 5) is 5.42. The van der Waals surface area contributed by atoms with Gasteiger partial charge in [0.1, 0.15) is 0 Å². The molecule has 0 aromatic carbocycles. The van der Waals surface area contributed by atoms with Gasteiger partial charge >= 0.3 is 0 Å². The zero-order valence-corrected chi connectivity index (χ0v) is 17.7. The highest BCUT2D eigenvalue weighted by Crippen LogP contribution is 2.08. The molecule has 2 rings (SSSR count). The molecule has 0 aliphatic carbocycles. The number of halogens is 1. The number of hydrogen-bond acceptors (Lipinski definition) is 5. The van der Waals surface area contributed by atoms with Crippen LogP contribution in [0.4, 0.5) is 0 Å². The van der Waals surface area contributed by atoms with E-state index in [1.54, 1.807) is 18.4 Å². The molecule has 0 bridgehead atoms. The van der Waals surface area contributed by atoms with Crippen molar-refractivity contribution in [1.29, 1.82) is 0 Å². The molecule has 1 saturated heterocycles. The second kappa shape index (κ2) is 11.2. The minimum atomic E-state index is -3.23. The van der Waals surface area contributed by atoms with E-state index < -0.39 is 10.0 Å². The first-order chi connectivity index (χ1) is 11.1. The van der Waals surface area contributed by atoms with Crippen LogP contribution in [-0.4, -0.2) is 70.9 Å². The third kappa shape index (κ3) is 7.21. The topological polar surface area (TPSA) is 83.0 Å². The molecule has 138 valence electrons. The Morgan fingerprint density at radius 2 is 2.04 bits per heavy atom. The Morgan fingerprint density at radius 3 is 2.67 bits per heavy atom. The highest BCUT2D eigenvalue weighted by atomic mass is 127. The Balaban J connectivity index is 0.00000288. The summed E-state index contributed by atoms with van der Waals surface area (Å²) >= 11 is 1.72. The van der Waals surface area contributed by atoms with Crippen molar-refractivity contribution in [3.63, 3.8) is 0 Å². The van der Waals surface area contributed by atoms with Crippen LogP contribution >= 0.6 is 35.3 Å². The molecule has 0 atom stereocenters. The van der Waals surface area contributed by atoms with Gasteiger partial charge in [0, 0.05) is 38.1 Å². The summed E-state index contributed by atoms with van der Waals surface area (Å²) in [6.07, 6.45) is 0.921. The summed E-state index contributed by atoms with van der Waals surface area (Å²) in [7, 11) is -1.56. The van der Waals surface area contributed by atoms with Gasteiger partial charge in [0.2, 0.25) is 10.0 Å². The van der Waals surface area contributed by atoms with Gasteiger partial charge in [-0.25, -0.2) is 8.42 Å². The van der Waals surface area contributed by atoms with Gasteiger partial charge in [-0.1, -0.05) is 6.07 Å². The normalized spacial score (nSPS) is 16.5. The number of guanidine groups is 1. The molecule has 0 radical (unpaired) electrons. The summed E-state index contributed by atoms with van der Waals surface area (Å²) in [5.74, 6) is 0.678. The summed E-state index contributed by atoms with van der Waals surface area (Å²) in [6.45, 7) is 2.91.